The summed E-state index contributed by atoms with van der Waals surface area (Å²) in [6, 6.07) is 7.62. The van der Waals surface area contributed by atoms with Gasteiger partial charge in [0.05, 0.1) is 0 Å². The molecule has 1 aliphatic rings. The third-order valence-electron chi connectivity index (χ3n) is 4.45. The predicted octanol–water partition coefficient (Wildman–Crippen LogP) is 1.98. The molecule has 6 heteroatoms. The van der Waals surface area contributed by atoms with Crippen molar-refractivity contribution < 1.29 is 4.79 Å². The summed E-state index contributed by atoms with van der Waals surface area (Å²) >= 11 is 0. The van der Waals surface area contributed by atoms with E-state index in [1.54, 1.807) is 0 Å². The first-order chi connectivity index (χ1) is 11.0. The molecule has 0 spiro atoms. The van der Waals surface area contributed by atoms with Crippen LogP contribution in [-0.2, 0) is 0 Å². The van der Waals surface area contributed by atoms with Gasteiger partial charge in [0.1, 0.15) is 5.82 Å². The molecule has 1 amide bonds. The van der Waals surface area contributed by atoms with Crippen molar-refractivity contribution in [1.29, 1.82) is 0 Å². The van der Waals surface area contributed by atoms with E-state index in [1.165, 1.54) is 0 Å². The zero-order valence-corrected chi connectivity index (χ0v) is 13.6. The SMILES string of the molecule is Cc1nc(-c2cccc(C(=O)N3CCCC(C(C)N)C3)c2)n[nH]1. The molecule has 2 heterocycles. The van der Waals surface area contributed by atoms with Crippen molar-refractivity contribution in [1.82, 2.24) is 20.1 Å². The zero-order valence-electron chi connectivity index (χ0n) is 13.6. The van der Waals surface area contributed by atoms with E-state index < -0.39 is 0 Å². The number of H-pyrrole nitrogens is 1. The first-order valence-corrected chi connectivity index (χ1v) is 8.09. The maximum atomic E-state index is 12.8. The molecule has 0 bridgehead atoms. The van der Waals surface area contributed by atoms with Gasteiger partial charge < -0.3 is 10.6 Å². The van der Waals surface area contributed by atoms with E-state index in [0.717, 1.165) is 37.3 Å². The van der Waals surface area contributed by atoms with E-state index >= 15 is 0 Å². The number of carbonyl (C=O) groups excluding carboxylic acids is 1. The summed E-state index contributed by atoms with van der Waals surface area (Å²) < 4.78 is 0. The molecule has 0 radical (unpaired) electrons. The van der Waals surface area contributed by atoms with Gasteiger partial charge in [-0.3, -0.25) is 9.89 Å². The van der Waals surface area contributed by atoms with E-state index in [1.807, 2.05) is 43.0 Å². The molecular weight excluding hydrogens is 290 g/mol. The molecule has 1 aromatic carbocycles. The number of nitrogens with two attached hydrogens (primary N) is 1. The molecule has 122 valence electrons. The van der Waals surface area contributed by atoms with Crippen LogP contribution in [0.5, 0.6) is 0 Å². The number of rotatable bonds is 3. The number of piperidine rings is 1. The second-order valence-corrected chi connectivity index (χ2v) is 6.34. The molecular formula is C17H23N5O. The van der Waals surface area contributed by atoms with Crippen LogP contribution in [0.15, 0.2) is 24.3 Å². The number of aromatic nitrogens is 3. The minimum absolute atomic E-state index is 0.0597. The van der Waals surface area contributed by atoms with Gasteiger partial charge in [-0.2, -0.15) is 5.10 Å². The number of amides is 1. The second kappa shape index (κ2) is 6.50. The monoisotopic (exact) mass is 313 g/mol. The largest absolute Gasteiger partial charge is 0.338 e. The fourth-order valence-corrected chi connectivity index (χ4v) is 3.07. The fourth-order valence-electron chi connectivity index (χ4n) is 3.07. The lowest BCUT2D eigenvalue weighted by molar-refractivity contribution is 0.0661. The summed E-state index contributed by atoms with van der Waals surface area (Å²) in [5, 5.41) is 6.98. The molecule has 6 nitrogen and oxygen atoms in total. The quantitative estimate of drug-likeness (QED) is 0.907. The highest BCUT2D eigenvalue weighted by atomic mass is 16.2. The van der Waals surface area contributed by atoms with Gasteiger partial charge in [-0.15, -0.1) is 0 Å². The van der Waals surface area contributed by atoms with Gasteiger partial charge in [0.25, 0.3) is 5.91 Å². The Balaban J connectivity index is 1.80. The summed E-state index contributed by atoms with van der Waals surface area (Å²) in [5.74, 6) is 1.81. The van der Waals surface area contributed by atoms with Crippen LogP contribution in [0.3, 0.4) is 0 Å². The van der Waals surface area contributed by atoms with Crippen molar-refractivity contribution in [2.45, 2.75) is 32.7 Å². The van der Waals surface area contributed by atoms with Crippen molar-refractivity contribution in [2.75, 3.05) is 13.1 Å². The summed E-state index contributed by atoms with van der Waals surface area (Å²) in [4.78, 5) is 19.0. The Morgan fingerprint density at radius 1 is 1.48 bits per heavy atom. The molecule has 1 aliphatic heterocycles. The highest BCUT2D eigenvalue weighted by Gasteiger charge is 2.26. The third kappa shape index (κ3) is 3.42. The van der Waals surface area contributed by atoms with Gasteiger partial charge in [-0.1, -0.05) is 12.1 Å². The number of aryl methyl sites for hydroxylation is 1. The van der Waals surface area contributed by atoms with E-state index in [-0.39, 0.29) is 11.9 Å². The molecule has 2 aromatic rings. The molecule has 0 saturated carbocycles. The summed E-state index contributed by atoms with van der Waals surface area (Å²) in [5.41, 5.74) is 7.54. The summed E-state index contributed by atoms with van der Waals surface area (Å²) in [7, 11) is 0. The Morgan fingerprint density at radius 2 is 2.30 bits per heavy atom. The maximum absolute atomic E-state index is 12.8. The highest BCUT2D eigenvalue weighted by Crippen LogP contribution is 2.22. The van der Waals surface area contributed by atoms with Crippen LogP contribution in [0, 0.1) is 12.8 Å². The summed E-state index contributed by atoms with van der Waals surface area (Å²) in [6.45, 7) is 5.41. The van der Waals surface area contributed by atoms with Crippen LogP contribution < -0.4 is 5.73 Å². The number of nitrogens with one attached hydrogen (secondary N) is 1. The number of aromatic amines is 1. The van der Waals surface area contributed by atoms with E-state index in [4.69, 9.17) is 5.73 Å². The topological polar surface area (TPSA) is 87.9 Å². The van der Waals surface area contributed by atoms with Gasteiger partial charge in [0.15, 0.2) is 5.82 Å². The van der Waals surface area contributed by atoms with Crippen molar-refractivity contribution in [3.05, 3.63) is 35.7 Å². The van der Waals surface area contributed by atoms with Crippen LogP contribution in [-0.4, -0.2) is 45.1 Å². The highest BCUT2D eigenvalue weighted by molar-refractivity contribution is 5.95. The maximum Gasteiger partial charge on any atom is 0.253 e. The Hall–Kier alpha value is -2.21. The van der Waals surface area contributed by atoms with E-state index in [0.29, 0.717) is 17.3 Å². The van der Waals surface area contributed by atoms with Crippen LogP contribution >= 0.6 is 0 Å². The number of likely N-dealkylation sites (tertiary alicyclic amines) is 1. The van der Waals surface area contributed by atoms with Crippen LogP contribution in [0.25, 0.3) is 11.4 Å². The molecule has 1 aromatic heterocycles. The minimum atomic E-state index is 0.0597. The normalized spacial score (nSPS) is 19.6. The van der Waals surface area contributed by atoms with E-state index in [2.05, 4.69) is 15.2 Å². The van der Waals surface area contributed by atoms with Crippen molar-refractivity contribution in [3.8, 4) is 11.4 Å². The average molecular weight is 313 g/mol. The molecule has 1 saturated heterocycles. The lowest BCUT2D eigenvalue weighted by Gasteiger charge is -2.34. The van der Waals surface area contributed by atoms with Crippen LogP contribution in [0.1, 0.15) is 35.9 Å². The first kappa shape index (κ1) is 15.7. The number of carbonyl (C=O) groups is 1. The summed E-state index contributed by atoms with van der Waals surface area (Å²) in [6.07, 6.45) is 2.11. The molecule has 0 aliphatic carbocycles. The Kier molecular flexibility index (Phi) is 4.43. The molecule has 2 unspecified atom stereocenters. The van der Waals surface area contributed by atoms with Crippen molar-refractivity contribution in [2.24, 2.45) is 11.7 Å². The van der Waals surface area contributed by atoms with Crippen LogP contribution in [0.2, 0.25) is 0 Å². The Labute approximate surface area is 136 Å². The Morgan fingerprint density at radius 3 is 3.00 bits per heavy atom. The number of hydrogen-bond donors (Lipinski definition) is 2. The average Bonchev–Trinajstić information content (AvgIpc) is 3.01. The van der Waals surface area contributed by atoms with Gasteiger partial charge >= 0.3 is 0 Å². The second-order valence-electron chi connectivity index (χ2n) is 6.34. The third-order valence-corrected chi connectivity index (χ3v) is 4.45. The molecule has 1 fully saturated rings. The number of hydrogen-bond acceptors (Lipinski definition) is 4. The molecule has 3 N–H and O–H groups in total. The smallest absolute Gasteiger partial charge is 0.253 e. The lowest BCUT2D eigenvalue weighted by atomic mass is 9.92. The molecule has 2 atom stereocenters. The van der Waals surface area contributed by atoms with Crippen molar-refractivity contribution in [3.63, 3.8) is 0 Å². The molecule has 3 rings (SSSR count). The fraction of sp³-hybridized carbons (Fsp3) is 0.471. The van der Waals surface area contributed by atoms with E-state index in [9.17, 15) is 4.79 Å². The predicted molar refractivity (Wildman–Crippen MR) is 88.8 cm³/mol. The lowest BCUT2D eigenvalue weighted by Crippen LogP contribution is -2.45. The van der Waals surface area contributed by atoms with Gasteiger partial charge in [0, 0.05) is 30.3 Å². The van der Waals surface area contributed by atoms with Gasteiger partial charge in [-0.25, -0.2) is 4.98 Å². The zero-order chi connectivity index (χ0) is 16.4. The number of benzene rings is 1. The minimum Gasteiger partial charge on any atom is -0.338 e. The Bertz CT molecular complexity index is 694. The van der Waals surface area contributed by atoms with Crippen molar-refractivity contribution >= 4 is 5.91 Å². The first-order valence-electron chi connectivity index (χ1n) is 8.09. The number of nitrogens with zero attached hydrogens (tertiary/aromatic N) is 3. The van der Waals surface area contributed by atoms with Gasteiger partial charge in [-0.05, 0) is 44.7 Å². The standard InChI is InChI=1S/C17H23N5O/c1-11(18)15-7-4-8-22(10-15)17(23)14-6-3-5-13(9-14)16-19-12(2)20-21-16/h3,5-6,9,11,15H,4,7-8,10,18H2,1-2H3,(H,19,20,21). The van der Waals surface area contributed by atoms with Gasteiger partial charge in [0.2, 0.25) is 0 Å². The molecule has 23 heavy (non-hydrogen) atoms. The van der Waals surface area contributed by atoms with Crippen LogP contribution in [0.4, 0.5) is 0 Å².